The zero-order valence-electron chi connectivity index (χ0n) is 12.0. The monoisotopic (exact) mass is 275 g/mol. The minimum Gasteiger partial charge on any atom is -0.381 e. The Morgan fingerprint density at radius 1 is 1.33 bits per heavy atom. The van der Waals surface area contributed by atoms with E-state index in [1.165, 1.54) is 12.8 Å². The van der Waals surface area contributed by atoms with E-state index in [9.17, 15) is 4.21 Å². The molecular formula is C14H29NO2S. The van der Waals surface area contributed by atoms with Crippen molar-refractivity contribution in [2.24, 2.45) is 5.92 Å². The van der Waals surface area contributed by atoms with Crippen LogP contribution in [0.15, 0.2) is 0 Å². The SMILES string of the molecule is CCCCCS(=O)CC(NCCC)C1CCOC1. The molecule has 108 valence electrons. The lowest BCUT2D eigenvalue weighted by Crippen LogP contribution is -2.41. The number of hydrogen-bond acceptors (Lipinski definition) is 3. The van der Waals surface area contributed by atoms with Gasteiger partial charge in [-0.05, 0) is 25.8 Å². The number of rotatable bonds is 10. The number of unbranched alkanes of at least 4 members (excludes halogenated alkanes) is 2. The molecular weight excluding hydrogens is 246 g/mol. The molecule has 0 saturated carbocycles. The zero-order chi connectivity index (χ0) is 13.2. The zero-order valence-corrected chi connectivity index (χ0v) is 12.8. The van der Waals surface area contributed by atoms with Gasteiger partial charge in [0.15, 0.2) is 0 Å². The first kappa shape index (κ1) is 16.1. The van der Waals surface area contributed by atoms with Gasteiger partial charge < -0.3 is 10.1 Å². The van der Waals surface area contributed by atoms with Crippen molar-refractivity contribution in [3.63, 3.8) is 0 Å². The van der Waals surface area contributed by atoms with Gasteiger partial charge in [-0.2, -0.15) is 0 Å². The summed E-state index contributed by atoms with van der Waals surface area (Å²) in [6, 6.07) is 0.384. The van der Waals surface area contributed by atoms with E-state index in [0.717, 1.165) is 50.5 Å². The summed E-state index contributed by atoms with van der Waals surface area (Å²) in [5.74, 6) is 2.23. The molecule has 3 atom stereocenters. The Kier molecular flexibility index (Phi) is 8.90. The van der Waals surface area contributed by atoms with Gasteiger partial charge in [0.2, 0.25) is 0 Å². The first-order valence-corrected chi connectivity index (χ1v) is 8.92. The highest BCUT2D eigenvalue weighted by molar-refractivity contribution is 7.85. The van der Waals surface area contributed by atoms with Gasteiger partial charge in [0, 0.05) is 40.9 Å². The second kappa shape index (κ2) is 9.93. The normalized spacial score (nSPS) is 23.1. The van der Waals surface area contributed by atoms with Gasteiger partial charge in [-0.1, -0.05) is 26.7 Å². The summed E-state index contributed by atoms with van der Waals surface area (Å²) in [4.78, 5) is 0. The van der Waals surface area contributed by atoms with Crippen LogP contribution in [0.25, 0.3) is 0 Å². The summed E-state index contributed by atoms with van der Waals surface area (Å²) < 4.78 is 17.5. The first-order valence-electron chi connectivity index (χ1n) is 7.44. The fourth-order valence-corrected chi connectivity index (χ4v) is 3.84. The Balaban J connectivity index is 2.31. The van der Waals surface area contributed by atoms with E-state index >= 15 is 0 Å². The molecule has 1 fully saturated rings. The first-order chi connectivity index (χ1) is 8.77. The van der Waals surface area contributed by atoms with Gasteiger partial charge >= 0.3 is 0 Å². The summed E-state index contributed by atoms with van der Waals surface area (Å²) >= 11 is 0. The molecule has 3 unspecified atom stereocenters. The Hall–Kier alpha value is 0.0700. The van der Waals surface area contributed by atoms with E-state index in [1.54, 1.807) is 0 Å². The summed E-state index contributed by atoms with van der Waals surface area (Å²) in [5.41, 5.74) is 0. The predicted molar refractivity (Wildman–Crippen MR) is 78.4 cm³/mol. The molecule has 18 heavy (non-hydrogen) atoms. The van der Waals surface area contributed by atoms with E-state index in [0.29, 0.717) is 12.0 Å². The van der Waals surface area contributed by atoms with Crippen molar-refractivity contribution in [3.8, 4) is 0 Å². The number of nitrogens with one attached hydrogen (secondary N) is 1. The molecule has 0 aromatic rings. The fourth-order valence-electron chi connectivity index (χ4n) is 2.36. The van der Waals surface area contributed by atoms with E-state index < -0.39 is 10.8 Å². The van der Waals surface area contributed by atoms with Gasteiger partial charge in [-0.15, -0.1) is 0 Å². The van der Waals surface area contributed by atoms with Crippen molar-refractivity contribution in [1.29, 1.82) is 0 Å². The summed E-state index contributed by atoms with van der Waals surface area (Å²) in [6.07, 6.45) is 5.75. The molecule has 4 heteroatoms. The second-order valence-corrected chi connectivity index (χ2v) is 6.82. The van der Waals surface area contributed by atoms with E-state index in [2.05, 4.69) is 19.2 Å². The van der Waals surface area contributed by atoms with Crippen molar-refractivity contribution in [1.82, 2.24) is 5.32 Å². The van der Waals surface area contributed by atoms with Crippen LogP contribution in [-0.2, 0) is 15.5 Å². The Morgan fingerprint density at radius 2 is 2.17 bits per heavy atom. The summed E-state index contributed by atoms with van der Waals surface area (Å²) in [6.45, 7) is 7.09. The topological polar surface area (TPSA) is 38.3 Å². The largest absolute Gasteiger partial charge is 0.381 e. The van der Waals surface area contributed by atoms with Gasteiger partial charge in [0.1, 0.15) is 0 Å². The van der Waals surface area contributed by atoms with E-state index in [1.807, 2.05) is 0 Å². The van der Waals surface area contributed by atoms with Crippen molar-refractivity contribution >= 4 is 10.8 Å². The minimum atomic E-state index is -0.669. The third-order valence-electron chi connectivity index (χ3n) is 3.53. The Labute approximate surface area is 115 Å². The summed E-state index contributed by atoms with van der Waals surface area (Å²) in [5, 5.41) is 3.56. The maximum atomic E-state index is 12.1. The van der Waals surface area contributed by atoms with Gasteiger partial charge in [-0.25, -0.2) is 0 Å². The van der Waals surface area contributed by atoms with Gasteiger partial charge in [-0.3, -0.25) is 4.21 Å². The second-order valence-electron chi connectivity index (χ2n) is 5.20. The standard InChI is InChI=1S/C14H29NO2S/c1-3-5-6-10-18(16)12-14(15-8-4-2)13-7-9-17-11-13/h13-15H,3-12H2,1-2H3. The third-order valence-corrected chi connectivity index (χ3v) is 5.01. The van der Waals surface area contributed by atoms with Gasteiger partial charge in [0.05, 0.1) is 6.61 Å². The quantitative estimate of drug-likeness (QED) is 0.622. The van der Waals surface area contributed by atoms with Crippen LogP contribution < -0.4 is 5.32 Å². The van der Waals surface area contributed by atoms with Crippen LogP contribution in [0, 0.1) is 5.92 Å². The number of ether oxygens (including phenoxy) is 1. The molecule has 0 radical (unpaired) electrons. The van der Waals surface area contributed by atoms with Crippen LogP contribution in [0.5, 0.6) is 0 Å². The van der Waals surface area contributed by atoms with Crippen LogP contribution in [0.3, 0.4) is 0 Å². The smallest absolute Gasteiger partial charge is 0.0510 e. The van der Waals surface area contributed by atoms with Crippen LogP contribution >= 0.6 is 0 Å². The average molecular weight is 275 g/mol. The molecule has 0 aliphatic carbocycles. The van der Waals surface area contributed by atoms with Crippen LogP contribution in [0.2, 0.25) is 0 Å². The summed E-state index contributed by atoms with van der Waals surface area (Å²) in [7, 11) is -0.669. The van der Waals surface area contributed by atoms with Crippen LogP contribution in [0.1, 0.15) is 46.0 Å². The lowest BCUT2D eigenvalue weighted by molar-refractivity contribution is 0.179. The molecule has 0 spiro atoms. The highest BCUT2D eigenvalue weighted by Gasteiger charge is 2.26. The lowest BCUT2D eigenvalue weighted by Gasteiger charge is -2.23. The molecule has 0 aromatic heterocycles. The molecule has 0 aromatic carbocycles. The van der Waals surface area contributed by atoms with Crippen molar-refractivity contribution in [3.05, 3.63) is 0 Å². The molecule has 0 amide bonds. The Morgan fingerprint density at radius 3 is 2.78 bits per heavy atom. The van der Waals surface area contributed by atoms with Crippen molar-refractivity contribution < 1.29 is 8.95 Å². The molecule has 0 bridgehead atoms. The van der Waals surface area contributed by atoms with Crippen LogP contribution in [-0.4, -0.2) is 41.5 Å². The molecule has 1 N–H and O–H groups in total. The highest BCUT2D eigenvalue weighted by atomic mass is 32.2. The fraction of sp³-hybridized carbons (Fsp3) is 1.00. The van der Waals surface area contributed by atoms with Crippen molar-refractivity contribution in [2.45, 2.75) is 52.0 Å². The predicted octanol–water partition coefficient (Wildman–Crippen LogP) is 2.33. The highest BCUT2D eigenvalue weighted by Crippen LogP contribution is 2.18. The molecule has 1 saturated heterocycles. The average Bonchev–Trinajstić information content (AvgIpc) is 2.88. The maximum absolute atomic E-state index is 12.1. The van der Waals surface area contributed by atoms with E-state index in [-0.39, 0.29) is 0 Å². The molecule has 1 aliphatic heterocycles. The molecule has 3 nitrogen and oxygen atoms in total. The number of hydrogen-bond donors (Lipinski definition) is 1. The molecule has 1 heterocycles. The van der Waals surface area contributed by atoms with E-state index in [4.69, 9.17) is 4.74 Å². The molecule has 1 aliphatic rings. The Bertz CT molecular complexity index is 230. The molecule has 1 rings (SSSR count). The van der Waals surface area contributed by atoms with Crippen LogP contribution in [0.4, 0.5) is 0 Å². The maximum Gasteiger partial charge on any atom is 0.0510 e. The lowest BCUT2D eigenvalue weighted by atomic mass is 10.0. The minimum absolute atomic E-state index is 0.384. The van der Waals surface area contributed by atoms with Gasteiger partial charge in [0.25, 0.3) is 0 Å². The third kappa shape index (κ3) is 6.30. The van der Waals surface area contributed by atoms with Crippen molar-refractivity contribution in [2.75, 3.05) is 31.3 Å².